The highest BCUT2D eigenvalue weighted by atomic mass is 16.6. The molecule has 1 fully saturated rings. The molecule has 3 heteroatoms. The van der Waals surface area contributed by atoms with E-state index in [1.807, 2.05) is 24.3 Å². The fraction of sp³-hybridized carbons (Fsp3) is 0.550. The van der Waals surface area contributed by atoms with Gasteiger partial charge in [0.2, 0.25) is 0 Å². The van der Waals surface area contributed by atoms with Crippen molar-refractivity contribution < 1.29 is 14.6 Å². The molecule has 1 heterocycles. The van der Waals surface area contributed by atoms with Crippen LogP contribution in [0.5, 0.6) is 0 Å². The maximum Gasteiger partial charge on any atom is 0.303 e. The van der Waals surface area contributed by atoms with Crippen LogP contribution in [-0.4, -0.2) is 23.3 Å². The van der Waals surface area contributed by atoms with Crippen LogP contribution in [0.1, 0.15) is 58.3 Å². The van der Waals surface area contributed by atoms with Crippen LogP contribution in [0.2, 0.25) is 0 Å². The van der Waals surface area contributed by atoms with Crippen molar-refractivity contribution in [3.05, 3.63) is 48.6 Å². The first-order valence-electron chi connectivity index (χ1n) is 8.76. The van der Waals surface area contributed by atoms with Crippen LogP contribution in [-0.2, 0) is 9.53 Å². The predicted molar refractivity (Wildman–Crippen MR) is 95.5 cm³/mol. The lowest BCUT2D eigenvalue weighted by Crippen LogP contribution is -1.92. The van der Waals surface area contributed by atoms with Crippen LogP contribution in [0.15, 0.2) is 48.6 Å². The molecular weight excluding hydrogens is 288 g/mol. The van der Waals surface area contributed by atoms with Gasteiger partial charge in [-0.2, -0.15) is 0 Å². The van der Waals surface area contributed by atoms with E-state index in [1.54, 1.807) is 0 Å². The first-order chi connectivity index (χ1) is 11.2. The molecule has 2 atom stereocenters. The van der Waals surface area contributed by atoms with Gasteiger partial charge in [0.15, 0.2) is 0 Å². The number of aliphatic carboxylic acids is 1. The molecule has 1 aliphatic heterocycles. The van der Waals surface area contributed by atoms with Crippen LogP contribution in [0.25, 0.3) is 0 Å². The molecule has 1 rings (SSSR count). The summed E-state index contributed by atoms with van der Waals surface area (Å²) in [6, 6.07) is 0. The SMILES string of the molecule is CCCCC[C@@H]1O[C@H]1C=CC=CC=CCC=CCCCC(=O)O. The van der Waals surface area contributed by atoms with Crippen LogP contribution in [0, 0.1) is 0 Å². The largest absolute Gasteiger partial charge is 0.481 e. The van der Waals surface area contributed by atoms with Crippen molar-refractivity contribution in [3.63, 3.8) is 0 Å². The van der Waals surface area contributed by atoms with Crippen LogP contribution in [0.3, 0.4) is 0 Å². The molecule has 23 heavy (non-hydrogen) atoms. The van der Waals surface area contributed by atoms with E-state index < -0.39 is 5.97 Å². The highest BCUT2D eigenvalue weighted by Gasteiger charge is 2.35. The lowest BCUT2D eigenvalue weighted by atomic mass is 10.1. The zero-order chi connectivity index (χ0) is 16.8. The van der Waals surface area contributed by atoms with E-state index >= 15 is 0 Å². The Labute approximate surface area is 140 Å². The minimum Gasteiger partial charge on any atom is -0.481 e. The standard InChI is InChI=1S/C20H30O3/c1-2-3-12-15-18-19(23-18)16-13-10-8-6-4-5-7-9-11-14-17-20(21)22/h4,6-10,13,16,18-19H,2-3,5,11-12,14-15,17H2,1H3,(H,21,22)/t18-,19-/m0/s1. The molecule has 0 aliphatic carbocycles. The molecule has 1 aliphatic rings. The van der Waals surface area contributed by atoms with Crippen molar-refractivity contribution in [2.45, 2.75) is 70.5 Å². The highest BCUT2D eigenvalue weighted by Crippen LogP contribution is 2.28. The van der Waals surface area contributed by atoms with Gasteiger partial charge >= 0.3 is 5.97 Å². The fourth-order valence-electron chi connectivity index (χ4n) is 2.28. The maximum absolute atomic E-state index is 10.3. The predicted octanol–water partition coefficient (Wildman–Crippen LogP) is 5.20. The number of carbonyl (C=O) groups is 1. The smallest absolute Gasteiger partial charge is 0.303 e. The van der Waals surface area contributed by atoms with Gasteiger partial charge in [-0.25, -0.2) is 0 Å². The number of unbranched alkanes of at least 4 members (excludes halogenated alkanes) is 3. The Bertz CT molecular complexity index is 432. The van der Waals surface area contributed by atoms with Crippen molar-refractivity contribution in [1.82, 2.24) is 0 Å². The van der Waals surface area contributed by atoms with Crippen LogP contribution in [0.4, 0.5) is 0 Å². The van der Waals surface area contributed by atoms with Crippen LogP contribution >= 0.6 is 0 Å². The third kappa shape index (κ3) is 11.6. The number of hydrogen-bond acceptors (Lipinski definition) is 2. The summed E-state index contributed by atoms with van der Waals surface area (Å²) in [5.41, 5.74) is 0. The Hall–Kier alpha value is -1.61. The normalized spacial score (nSPS) is 21.3. The van der Waals surface area contributed by atoms with Crippen molar-refractivity contribution in [3.8, 4) is 0 Å². The average Bonchev–Trinajstić information content (AvgIpc) is 3.27. The topological polar surface area (TPSA) is 49.8 Å². The molecule has 0 spiro atoms. The Morgan fingerprint density at radius 3 is 2.65 bits per heavy atom. The van der Waals surface area contributed by atoms with E-state index in [1.165, 1.54) is 25.7 Å². The first kappa shape index (κ1) is 19.4. The molecule has 3 nitrogen and oxygen atoms in total. The minimum absolute atomic E-state index is 0.249. The van der Waals surface area contributed by atoms with E-state index in [4.69, 9.17) is 9.84 Å². The van der Waals surface area contributed by atoms with E-state index in [2.05, 4.69) is 31.2 Å². The summed E-state index contributed by atoms with van der Waals surface area (Å²) in [5, 5.41) is 8.50. The third-order valence-electron chi connectivity index (χ3n) is 3.68. The second-order valence-electron chi connectivity index (χ2n) is 5.83. The van der Waals surface area contributed by atoms with Crippen LogP contribution < -0.4 is 0 Å². The Balaban J connectivity index is 1.98. The first-order valence-corrected chi connectivity index (χ1v) is 8.76. The number of carboxylic acid groups (broad SMARTS) is 1. The average molecular weight is 318 g/mol. The quantitative estimate of drug-likeness (QED) is 0.220. The molecule has 128 valence electrons. The highest BCUT2D eigenvalue weighted by molar-refractivity contribution is 5.66. The minimum atomic E-state index is -0.722. The molecule has 1 saturated heterocycles. The zero-order valence-corrected chi connectivity index (χ0v) is 14.2. The van der Waals surface area contributed by atoms with E-state index in [9.17, 15) is 4.79 Å². The zero-order valence-electron chi connectivity index (χ0n) is 14.2. The van der Waals surface area contributed by atoms with E-state index in [0.29, 0.717) is 18.6 Å². The number of carboxylic acids is 1. The van der Waals surface area contributed by atoms with Crippen molar-refractivity contribution >= 4 is 5.97 Å². The molecule has 0 amide bonds. The Kier molecular flexibility index (Phi) is 10.9. The fourth-order valence-corrected chi connectivity index (χ4v) is 2.28. The van der Waals surface area contributed by atoms with Crippen molar-refractivity contribution in [2.24, 2.45) is 0 Å². The van der Waals surface area contributed by atoms with Gasteiger partial charge in [-0.05, 0) is 25.7 Å². The molecule has 0 aromatic rings. The van der Waals surface area contributed by atoms with Gasteiger partial charge in [-0.3, -0.25) is 4.79 Å². The molecule has 1 N–H and O–H groups in total. The van der Waals surface area contributed by atoms with Crippen molar-refractivity contribution in [1.29, 1.82) is 0 Å². The van der Waals surface area contributed by atoms with E-state index in [-0.39, 0.29) is 6.42 Å². The van der Waals surface area contributed by atoms with Gasteiger partial charge in [0.25, 0.3) is 0 Å². The summed E-state index contributed by atoms with van der Waals surface area (Å²) >= 11 is 0. The maximum atomic E-state index is 10.3. The van der Waals surface area contributed by atoms with Gasteiger partial charge in [0, 0.05) is 6.42 Å². The second-order valence-corrected chi connectivity index (χ2v) is 5.83. The molecule has 0 aromatic heterocycles. The molecule has 0 saturated carbocycles. The number of epoxide rings is 1. The van der Waals surface area contributed by atoms with Gasteiger partial charge in [0.05, 0.1) is 6.10 Å². The monoisotopic (exact) mass is 318 g/mol. The van der Waals surface area contributed by atoms with Crippen molar-refractivity contribution in [2.75, 3.05) is 0 Å². The van der Waals surface area contributed by atoms with E-state index in [0.717, 1.165) is 12.8 Å². The number of hydrogen-bond donors (Lipinski definition) is 1. The number of rotatable bonds is 13. The summed E-state index contributed by atoms with van der Waals surface area (Å²) in [4.78, 5) is 10.3. The molecule has 0 bridgehead atoms. The second kappa shape index (κ2) is 12.9. The lowest BCUT2D eigenvalue weighted by molar-refractivity contribution is -0.137. The van der Waals surface area contributed by atoms with Gasteiger partial charge in [-0.1, -0.05) is 74.8 Å². The van der Waals surface area contributed by atoms with Gasteiger partial charge in [-0.15, -0.1) is 0 Å². The lowest BCUT2D eigenvalue weighted by Gasteiger charge is -1.92. The molecule has 0 aromatic carbocycles. The Morgan fingerprint density at radius 1 is 1.04 bits per heavy atom. The van der Waals surface area contributed by atoms with Gasteiger partial charge < -0.3 is 9.84 Å². The summed E-state index contributed by atoms with van der Waals surface area (Å²) < 4.78 is 5.59. The summed E-state index contributed by atoms with van der Waals surface area (Å²) in [5.74, 6) is -0.722. The summed E-state index contributed by atoms with van der Waals surface area (Å²) in [6.45, 7) is 2.22. The van der Waals surface area contributed by atoms with Gasteiger partial charge in [0.1, 0.15) is 6.10 Å². The molecule has 0 unspecified atom stereocenters. The Morgan fingerprint density at radius 2 is 1.87 bits per heavy atom. The summed E-state index contributed by atoms with van der Waals surface area (Å²) in [7, 11) is 0. The molecular formula is C20H30O3. The third-order valence-corrected chi connectivity index (χ3v) is 3.68. The summed E-state index contributed by atoms with van der Waals surface area (Å²) in [6.07, 6.45) is 24.9. The number of ether oxygens (including phenoxy) is 1. The number of allylic oxidation sites excluding steroid dienone is 7. The molecule has 0 radical (unpaired) electrons.